The van der Waals surface area contributed by atoms with Gasteiger partial charge >= 0.3 is 0 Å². The van der Waals surface area contributed by atoms with E-state index in [0.29, 0.717) is 6.04 Å². The van der Waals surface area contributed by atoms with Gasteiger partial charge in [-0.15, -0.1) is 11.3 Å². The summed E-state index contributed by atoms with van der Waals surface area (Å²) in [5.41, 5.74) is 3.68. The summed E-state index contributed by atoms with van der Waals surface area (Å²) in [7, 11) is 0. The van der Waals surface area contributed by atoms with Gasteiger partial charge in [-0.25, -0.2) is 0 Å². The number of anilines is 1. The van der Waals surface area contributed by atoms with Gasteiger partial charge in [0.1, 0.15) is 0 Å². The summed E-state index contributed by atoms with van der Waals surface area (Å²) in [6.07, 6.45) is 6.15. The lowest BCUT2D eigenvalue weighted by atomic mass is 10.0. The molecule has 0 radical (unpaired) electrons. The van der Waals surface area contributed by atoms with Crippen LogP contribution in [0.2, 0.25) is 0 Å². The Morgan fingerprint density at radius 1 is 1.08 bits per heavy atom. The Kier molecular flexibility index (Phi) is 7.63. The Hall–Kier alpha value is -2.83. The van der Waals surface area contributed by atoms with Crippen molar-refractivity contribution in [3.8, 4) is 0 Å². The largest absolute Gasteiger partial charge is 0.369 e. The number of hydrogen-bond donors (Lipinski definition) is 2. The molecule has 1 unspecified atom stereocenters. The van der Waals surface area contributed by atoms with Crippen LogP contribution < -0.4 is 10.2 Å². The topological polar surface area (TPSA) is 51.4 Å². The molecule has 0 spiro atoms. The van der Waals surface area contributed by atoms with Gasteiger partial charge in [0.25, 0.3) is 5.91 Å². The number of thiophene rings is 1. The van der Waals surface area contributed by atoms with Gasteiger partial charge in [0, 0.05) is 65.7 Å². The maximum atomic E-state index is 13.3. The Balaban J connectivity index is 1.29. The number of H-pyrrole nitrogens is 1. The number of amides is 1. The van der Waals surface area contributed by atoms with Gasteiger partial charge in [-0.3, -0.25) is 9.69 Å². The Morgan fingerprint density at radius 3 is 2.67 bits per heavy atom. The first kappa shape index (κ1) is 24.8. The van der Waals surface area contributed by atoms with E-state index in [9.17, 15) is 4.79 Å². The first-order valence-electron chi connectivity index (χ1n) is 13.4. The van der Waals surface area contributed by atoms with Gasteiger partial charge in [0.2, 0.25) is 0 Å². The number of unbranched alkanes of at least 4 members (excludes halogenated alkanes) is 1. The summed E-state index contributed by atoms with van der Waals surface area (Å²) in [6, 6.07) is 17.8. The van der Waals surface area contributed by atoms with E-state index in [0.717, 1.165) is 67.6 Å². The fourth-order valence-corrected chi connectivity index (χ4v) is 6.32. The highest BCUT2D eigenvalue weighted by molar-refractivity contribution is 7.20. The van der Waals surface area contributed by atoms with Gasteiger partial charge in [-0.1, -0.05) is 44.0 Å². The van der Waals surface area contributed by atoms with Crippen molar-refractivity contribution in [2.24, 2.45) is 0 Å². The van der Waals surface area contributed by atoms with Crippen molar-refractivity contribution in [1.82, 2.24) is 15.2 Å². The summed E-state index contributed by atoms with van der Waals surface area (Å²) in [6.45, 7) is 11.1. The molecule has 0 saturated carbocycles. The zero-order valence-electron chi connectivity index (χ0n) is 21.7. The zero-order chi connectivity index (χ0) is 25.1. The van der Waals surface area contributed by atoms with Crippen LogP contribution in [0, 0.1) is 0 Å². The van der Waals surface area contributed by atoms with E-state index in [1.807, 2.05) is 0 Å². The maximum absolute atomic E-state index is 13.3. The fraction of sp³-hybridized carbons (Fsp3) is 0.433. The number of nitrogens with one attached hydrogen (secondary N) is 2. The molecule has 1 fully saturated rings. The molecular weight excluding hydrogens is 464 g/mol. The number of piperazine rings is 1. The molecule has 6 heteroatoms. The Bertz CT molecular complexity index is 1310. The van der Waals surface area contributed by atoms with Crippen molar-refractivity contribution < 1.29 is 4.79 Å². The second-order valence-corrected chi connectivity index (χ2v) is 11.4. The molecule has 0 bridgehead atoms. The number of aromatic amines is 1. The summed E-state index contributed by atoms with van der Waals surface area (Å²) in [5, 5.41) is 5.76. The molecule has 3 heterocycles. The van der Waals surface area contributed by atoms with Crippen LogP contribution >= 0.6 is 11.3 Å². The third-order valence-corrected chi connectivity index (χ3v) is 8.62. The standard InChI is InChI=1S/C30H38N4OS/c1-4-5-8-24(17-23-20-31-27-10-7-6-9-26(23)27)32-30(35)29-18-22-11-12-25(19-28(22)36-29)34-15-13-33(14-16-34)21(2)3/h6-7,9-12,18-21,24,31H,4-5,8,13-17H2,1-3H3,(H,32,35). The lowest BCUT2D eigenvalue weighted by Crippen LogP contribution is -2.48. The van der Waals surface area contributed by atoms with E-state index in [1.165, 1.54) is 21.3 Å². The predicted molar refractivity (Wildman–Crippen MR) is 154 cm³/mol. The predicted octanol–water partition coefficient (Wildman–Crippen LogP) is 6.44. The van der Waals surface area contributed by atoms with Crippen LogP contribution in [0.25, 0.3) is 21.0 Å². The molecule has 2 aromatic carbocycles. The van der Waals surface area contributed by atoms with Crippen LogP contribution in [0.3, 0.4) is 0 Å². The van der Waals surface area contributed by atoms with Gasteiger partial charge in [0.15, 0.2) is 0 Å². The van der Waals surface area contributed by atoms with Gasteiger partial charge in [-0.2, -0.15) is 0 Å². The highest BCUT2D eigenvalue weighted by Crippen LogP contribution is 2.31. The van der Waals surface area contributed by atoms with E-state index in [4.69, 9.17) is 0 Å². The smallest absolute Gasteiger partial charge is 0.261 e. The number of carbonyl (C=O) groups excluding carboxylic acids is 1. The first-order valence-corrected chi connectivity index (χ1v) is 14.2. The SMILES string of the molecule is CCCCC(Cc1c[nH]c2ccccc12)NC(=O)c1cc2ccc(N3CCN(C(C)C)CC3)cc2s1. The van der Waals surface area contributed by atoms with Crippen molar-refractivity contribution in [2.75, 3.05) is 31.1 Å². The van der Waals surface area contributed by atoms with E-state index >= 15 is 0 Å². The van der Waals surface area contributed by atoms with E-state index in [2.05, 4.69) is 95.6 Å². The molecule has 1 aliphatic rings. The monoisotopic (exact) mass is 502 g/mol. The summed E-state index contributed by atoms with van der Waals surface area (Å²) >= 11 is 1.61. The zero-order valence-corrected chi connectivity index (χ0v) is 22.5. The second-order valence-electron chi connectivity index (χ2n) is 10.3. The number of hydrogen-bond acceptors (Lipinski definition) is 4. The lowest BCUT2D eigenvalue weighted by molar-refractivity contribution is 0.0938. The van der Waals surface area contributed by atoms with E-state index < -0.39 is 0 Å². The molecule has 5 rings (SSSR count). The highest BCUT2D eigenvalue weighted by atomic mass is 32.1. The molecule has 5 nitrogen and oxygen atoms in total. The summed E-state index contributed by atoms with van der Waals surface area (Å²) < 4.78 is 1.19. The molecule has 1 saturated heterocycles. The van der Waals surface area contributed by atoms with Crippen LogP contribution in [-0.2, 0) is 6.42 Å². The molecule has 1 aliphatic heterocycles. The van der Waals surface area contributed by atoms with Gasteiger partial charge in [0.05, 0.1) is 4.88 Å². The molecule has 2 aromatic heterocycles. The van der Waals surface area contributed by atoms with Gasteiger partial charge < -0.3 is 15.2 Å². The second kappa shape index (κ2) is 11.1. The molecule has 36 heavy (non-hydrogen) atoms. The minimum atomic E-state index is 0.0456. The summed E-state index contributed by atoms with van der Waals surface area (Å²) in [5.74, 6) is 0.0456. The minimum Gasteiger partial charge on any atom is -0.369 e. The van der Waals surface area contributed by atoms with Crippen molar-refractivity contribution in [2.45, 2.75) is 58.5 Å². The highest BCUT2D eigenvalue weighted by Gasteiger charge is 2.21. The molecule has 0 aliphatic carbocycles. The van der Waals surface area contributed by atoms with Gasteiger partial charge in [-0.05, 0) is 61.9 Å². The summed E-state index contributed by atoms with van der Waals surface area (Å²) in [4.78, 5) is 22.5. The molecule has 1 atom stereocenters. The molecular formula is C30H38N4OS. The third-order valence-electron chi connectivity index (χ3n) is 7.52. The van der Waals surface area contributed by atoms with Crippen LogP contribution in [0.15, 0.2) is 54.7 Å². The quantitative estimate of drug-likeness (QED) is 0.277. The third kappa shape index (κ3) is 5.45. The average Bonchev–Trinajstić information content (AvgIpc) is 3.51. The number of rotatable bonds is 9. The van der Waals surface area contributed by atoms with Crippen molar-refractivity contribution in [3.63, 3.8) is 0 Å². The van der Waals surface area contributed by atoms with Crippen LogP contribution in [0.5, 0.6) is 0 Å². The van der Waals surface area contributed by atoms with Crippen LogP contribution in [0.4, 0.5) is 5.69 Å². The van der Waals surface area contributed by atoms with E-state index in [1.54, 1.807) is 11.3 Å². The minimum absolute atomic E-state index is 0.0456. The number of fused-ring (bicyclic) bond motifs is 2. The molecule has 1 amide bonds. The fourth-order valence-electron chi connectivity index (χ4n) is 5.32. The number of aromatic nitrogens is 1. The molecule has 4 aromatic rings. The van der Waals surface area contributed by atoms with Crippen molar-refractivity contribution in [3.05, 3.63) is 65.2 Å². The lowest BCUT2D eigenvalue weighted by Gasteiger charge is -2.38. The Morgan fingerprint density at radius 2 is 1.89 bits per heavy atom. The average molecular weight is 503 g/mol. The number of carbonyl (C=O) groups is 1. The Labute approximate surface area is 218 Å². The number of nitrogens with zero attached hydrogens (tertiary/aromatic N) is 2. The van der Waals surface area contributed by atoms with Crippen molar-refractivity contribution in [1.29, 1.82) is 0 Å². The van der Waals surface area contributed by atoms with E-state index in [-0.39, 0.29) is 11.9 Å². The number of benzene rings is 2. The van der Waals surface area contributed by atoms with Crippen LogP contribution in [-0.4, -0.2) is 54.1 Å². The maximum Gasteiger partial charge on any atom is 0.261 e. The normalized spacial score (nSPS) is 15.7. The van der Waals surface area contributed by atoms with Crippen LogP contribution in [0.1, 0.15) is 55.3 Å². The first-order chi connectivity index (χ1) is 17.5. The number of para-hydroxylation sites is 1. The molecule has 190 valence electrons. The van der Waals surface area contributed by atoms with Crippen molar-refractivity contribution >= 4 is 43.9 Å². The molecule has 2 N–H and O–H groups in total.